The summed E-state index contributed by atoms with van der Waals surface area (Å²) in [6, 6.07) is 5.85. The summed E-state index contributed by atoms with van der Waals surface area (Å²) in [5, 5.41) is 36.9. The molecule has 0 amide bonds. The van der Waals surface area contributed by atoms with Crippen molar-refractivity contribution in [2.45, 2.75) is 6.54 Å². The van der Waals surface area contributed by atoms with E-state index < -0.39 is 23.9 Å². The first kappa shape index (κ1) is 27.1. The van der Waals surface area contributed by atoms with Gasteiger partial charge in [-0.15, -0.1) is 0 Å². The molecule has 13 heteroatoms. The van der Waals surface area contributed by atoms with Gasteiger partial charge in [-0.3, -0.25) is 14.6 Å². The molecule has 0 spiro atoms. The zero-order valence-electron chi connectivity index (χ0n) is 17.6. The standard InChI is InChI=1S/C13H13N5.2C4H4O4/c14-4-8-18-12-3-7-16-9-11(12)13(17-18)10-1-5-15-6-2-10;2*5-3(6)1-2-4(7)8/h1-3,5-7,9H,4,8,14H2;2*1-2H,(H,5,6)(H,7,8)/b;2*2-1-. The topological polar surface area (TPSA) is 219 Å². The molecule has 3 aromatic heterocycles. The first-order chi connectivity index (χ1) is 16.1. The molecule has 0 saturated carbocycles. The number of nitrogens with zero attached hydrogens (tertiary/aromatic N) is 4. The molecule has 0 unspecified atom stereocenters. The van der Waals surface area contributed by atoms with E-state index in [0.29, 0.717) is 37.4 Å². The molecule has 0 radical (unpaired) electrons. The molecule has 0 aromatic carbocycles. The van der Waals surface area contributed by atoms with Crippen LogP contribution in [0.15, 0.2) is 67.3 Å². The van der Waals surface area contributed by atoms with E-state index in [-0.39, 0.29) is 0 Å². The van der Waals surface area contributed by atoms with Crippen LogP contribution in [0.4, 0.5) is 0 Å². The Morgan fingerprint density at radius 3 is 1.71 bits per heavy atom. The monoisotopic (exact) mass is 471 g/mol. The number of carbonyl (C=O) groups is 4. The van der Waals surface area contributed by atoms with Gasteiger partial charge in [0, 0.05) is 66.6 Å². The number of carboxylic acid groups (broad SMARTS) is 4. The first-order valence-electron chi connectivity index (χ1n) is 9.34. The van der Waals surface area contributed by atoms with E-state index in [1.54, 1.807) is 18.6 Å². The predicted octanol–water partition coefficient (Wildman–Crippen LogP) is 0.876. The number of nitrogens with two attached hydrogens (primary N) is 1. The minimum atomic E-state index is -1.26. The van der Waals surface area contributed by atoms with Crippen LogP contribution in [0.5, 0.6) is 0 Å². The Morgan fingerprint density at radius 1 is 0.794 bits per heavy atom. The van der Waals surface area contributed by atoms with E-state index in [1.165, 1.54) is 0 Å². The maximum Gasteiger partial charge on any atom is 0.328 e. The highest BCUT2D eigenvalue weighted by Crippen LogP contribution is 2.26. The second-order valence-electron chi connectivity index (χ2n) is 6.01. The largest absolute Gasteiger partial charge is 0.478 e. The number of aromatic nitrogens is 4. The number of rotatable bonds is 7. The van der Waals surface area contributed by atoms with Crippen LogP contribution >= 0.6 is 0 Å². The quantitative estimate of drug-likeness (QED) is 0.303. The van der Waals surface area contributed by atoms with Crippen LogP contribution in [0.1, 0.15) is 0 Å². The molecule has 0 aliphatic rings. The Balaban J connectivity index is 0.000000304. The molecular weight excluding hydrogens is 450 g/mol. The SMILES string of the molecule is NCCn1nc(-c2ccncc2)c2cnccc21.O=C(O)/C=C\C(=O)O.O=C(O)/C=C\C(=O)O. The van der Waals surface area contributed by atoms with Crippen LogP contribution in [-0.2, 0) is 25.7 Å². The zero-order chi connectivity index (χ0) is 25.5. The Labute approximate surface area is 192 Å². The van der Waals surface area contributed by atoms with Crippen molar-refractivity contribution in [1.82, 2.24) is 19.7 Å². The molecule has 3 aromatic rings. The molecule has 0 saturated heterocycles. The lowest BCUT2D eigenvalue weighted by atomic mass is 10.1. The molecule has 0 aliphatic carbocycles. The Morgan fingerprint density at radius 2 is 1.26 bits per heavy atom. The van der Waals surface area contributed by atoms with Crippen LogP contribution in [0.2, 0.25) is 0 Å². The molecule has 34 heavy (non-hydrogen) atoms. The molecule has 0 aliphatic heterocycles. The highest BCUT2D eigenvalue weighted by molar-refractivity contribution is 5.92. The van der Waals surface area contributed by atoms with Crippen molar-refractivity contribution in [1.29, 1.82) is 0 Å². The Hall–Kier alpha value is -4.91. The first-order valence-corrected chi connectivity index (χ1v) is 9.34. The fraction of sp³-hybridized carbons (Fsp3) is 0.0952. The second-order valence-corrected chi connectivity index (χ2v) is 6.01. The molecule has 6 N–H and O–H groups in total. The van der Waals surface area contributed by atoms with E-state index >= 15 is 0 Å². The normalized spacial score (nSPS) is 10.3. The van der Waals surface area contributed by atoms with E-state index in [4.69, 9.17) is 26.2 Å². The fourth-order valence-corrected chi connectivity index (χ4v) is 2.32. The Bertz CT molecular complexity index is 1120. The van der Waals surface area contributed by atoms with Crippen molar-refractivity contribution in [2.24, 2.45) is 5.73 Å². The number of aliphatic carboxylic acids is 4. The molecule has 178 valence electrons. The van der Waals surface area contributed by atoms with Crippen molar-refractivity contribution in [3.05, 3.63) is 67.3 Å². The number of fused-ring (bicyclic) bond motifs is 1. The number of hydrogen-bond acceptors (Lipinski definition) is 8. The van der Waals surface area contributed by atoms with Crippen molar-refractivity contribution in [3.8, 4) is 11.3 Å². The van der Waals surface area contributed by atoms with E-state index in [0.717, 1.165) is 22.2 Å². The van der Waals surface area contributed by atoms with Crippen LogP contribution in [0.3, 0.4) is 0 Å². The van der Waals surface area contributed by atoms with Crippen LogP contribution < -0.4 is 5.73 Å². The van der Waals surface area contributed by atoms with Gasteiger partial charge in [0.1, 0.15) is 5.69 Å². The maximum atomic E-state index is 9.55. The summed E-state index contributed by atoms with van der Waals surface area (Å²) >= 11 is 0. The molecule has 0 bridgehead atoms. The van der Waals surface area contributed by atoms with Crippen LogP contribution in [0, 0.1) is 0 Å². The van der Waals surface area contributed by atoms with Crippen molar-refractivity contribution in [3.63, 3.8) is 0 Å². The summed E-state index contributed by atoms with van der Waals surface area (Å²) in [5.74, 6) is -5.03. The highest BCUT2D eigenvalue weighted by Gasteiger charge is 2.11. The van der Waals surface area contributed by atoms with Crippen LogP contribution in [0.25, 0.3) is 22.2 Å². The third kappa shape index (κ3) is 9.93. The molecule has 3 heterocycles. The summed E-state index contributed by atoms with van der Waals surface area (Å²) in [6.45, 7) is 1.26. The average molecular weight is 471 g/mol. The third-order valence-corrected chi connectivity index (χ3v) is 3.58. The number of carboxylic acids is 4. The number of pyridine rings is 2. The van der Waals surface area contributed by atoms with Gasteiger partial charge in [0.25, 0.3) is 0 Å². The van der Waals surface area contributed by atoms with Crippen molar-refractivity contribution < 1.29 is 39.6 Å². The van der Waals surface area contributed by atoms with Gasteiger partial charge >= 0.3 is 23.9 Å². The summed E-state index contributed by atoms with van der Waals surface area (Å²) in [5.41, 5.74) is 8.64. The fourth-order valence-electron chi connectivity index (χ4n) is 2.32. The van der Waals surface area contributed by atoms with E-state index in [1.807, 2.05) is 29.1 Å². The smallest absolute Gasteiger partial charge is 0.328 e. The van der Waals surface area contributed by atoms with Crippen molar-refractivity contribution >= 4 is 34.8 Å². The summed E-state index contributed by atoms with van der Waals surface area (Å²) in [4.78, 5) is 46.4. The van der Waals surface area contributed by atoms with E-state index in [9.17, 15) is 19.2 Å². The van der Waals surface area contributed by atoms with Gasteiger partial charge < -0.3 is 26.2 Å². The third-order valence-electron chi connectivity index (χ3n) is 3.58. The minimum absolute atomic E-state index is 0.558. The van der Waals surface area contributed by atoms with Gasteiger partial charge in [-0.05, 0) is 18.2 Å². The summed E-state index contributed by atoms with van der Waals surface area (Å²) < 4.78 is 1.92. The van der Waals surface area contributed by atoms with Gasteiger partial charge in [0.05, 0.1) is 12.1 Å². The average Bonchev–Trinajstić information content (AvgIpc) is 3.17. The zero-order valence-corrected chi connectivity index (χ0v) is 17.6. The van der Waals surface area contributed by atoms with Gasteiger partial charge in [-0.2, -0.15) is 5.10 Å². The lowest BCUT2D eigenvalue weighted by Gasteiger charge is -1.98. The predicted molar refractivity (Wildman–Crippen MR) is 119 cm³/mol. The van der Waals surface area contributed by atoms with Crippen molar-refractivity contribution in [2.75, 3.05) is 6.54 Å². The second kappa shape index (κ2) is 14.2. The summed E-state index contributed by atoms with van der Waals surface area (Å²) in [6.07, 6.45) is 9.37. The summed E-state index contributed by atoms with van der Waals surface area (Å²) in [7, 11) is 0. The van der Waals surface area contributed by atoms with Gasteiger partial charge in [0.15, 0.2) is 0 Å². The molecular formula is C21H21N5O8. The van der Waals surface area contributed by atoms with Crippen LogP contribution in [-0.4, -0.2) is 70.6 Å². The number of hydrogen-bond donors (Lipinski definition) is 5. The van der Waals surface area contributed by atoms with Gasteiger partial charge in [-0.1, -0.05) is 0 Å². The minimum Gasteiger partial charge on any atom is -0.478 e. The lowest BCUT2D eigenvalue weighted by Crippen LogP contribution is -2.10. The molecule has 3 rings (SSSR count). The van der Waals surface area contributed by atoms with E-state index in [2.05, 4.69) is 15.1 Å². The molecule has 13 nitrogen and oxygen atoms in total. The van der Waals surface area contributed by atoms with Gasteiger partial charge in [-0.25, -0.2) is 19.2 Å². The highest BCUT2D eigenvalue weighted by atomic mass is 16.4. The lowest BCUT2D eigenvalue weighted by molar-refractivity contribution is -0.134. The maximum absolute atomic E-state index is 9.55. The van der Waals surface area contributed by atoms with Gasteiger partial charge in [0.2, 0.25) is 0 Å². The molecule has 0 fully saturated rings. The molecule has 0 atom stereocenters. The Kier molecular flexibility index (Phi) is 11.3.